The number of rotatable bonds is 5. The Kier molecular flexibility index (Phi) is 5.04. The summed E-state index contributed by atoms with van der Waals surface area (Å²) >= 11 is 6.14. The van der Waals surface area contributed by atoms with Crippen LogP contribution in [-0.2, 0) is 13.0 Å². The van der Waals surface area contributed by atoms with Gasteiger partial charge in [-0.15, -0.1) is 5.10 Å². The van der Waals surface area contributed by atoms with Crippen LogP contribution in [0.15, 0.2) is 47.4 Å². The maximum atomic E-state index is 13.9. The molecule has 2 heterocycles. The molecule has 0 saturated carbocycles. The number of carboxylic acid groups (broad SMARTS) is 1. The van der Waals surface area contributed by atoms with Crippen LogP contribution in [0.25, 0.3) is 10.9 Å². The third-order valence-corrected chi connectivity index (χ3v) is 4.78. The first-order valence-corrected chi connectivity index (χ1v) is 9.10. The minimum atomic E-state index is -1.35. The van der Waals surface area contributed by atoms with Crippen molar-refractivity contribution in [3.05, 3.63) is 92.0 Å². The first-order valence-electron chi connectivity index (χ1n) is 8.72. The molecule has 0 spiro atoms. The highest BCUT2D eigenvalue weighted by molar-refractivity contribution is 6.31. The summed E-state index contributed by atoms with van der Waals surface area (Å²) in [5.41, 5.74) is 0.0838. The fourth-order valence-electron chi connectivity index (χ4n) is 3.19. The molecule has 0 saturated heterocycles. The minimum absolute atomic E-state index is 0.0758. The number of hydrogen-bond donors (Lipinski definition) is 2. The number of H-pyrrole nitrogens is 1. The van der Waals surface area contributed by atoms with Crippen molar-refractivity contribution in [1.29, 1.82) is 0 Å². The Morgan fingerprint density at radius 2 is 1.93 bits per heavy atom. The lowest BCUT2D eigenvalue weighted by atomic mass is 10.1. The number of carboxylic acids is 1. The molecule has 2 N–H and O–H groups in total. The number of nitrogens with one attached hydrogen (secondary N) is 1. The third kappa shape index (κ3) is 3.79. The van der Waals surface area contributed by atoms with Crippen LogP contribution in [0.2, 0.25) is 5.02 Å². The number of nitrogens with zero attached hydrogens (tertiary/aromatic N) is 3. The molecule has 2 aromatic carbocycles. The zero-order valence-corrected chi connectivity index (χ0v) is 16.0. The highest BCUT2D eigenvalue weighted by atomic mass is 35.5. The van der Waals surface area contributed by atoms with Crippen LogP contribution in [0, 0.1) is 11.6 Å². The Labute approximate surface area is 172 Å². The zero-order valence-electron chi connectivity index (χ0n) is 15.2. The van der Waals surface area contributed by atoms with E-state index in [-0.39, 0.29) is 18.5 Å². The topological polar surface area (TPSA) is 101 Å². The average molecular weight is 431 g/mol. The van der Waals surface area contributed by atoms with Crippen LogP contribution in [0.5, 0.6) is 0 Å². The molecular weight excluding hydrogens is 418 g/mol. The summed E-state index contributed by atoms with van der Waals surface area (Å²) in [6.45, 7) is 0.145. The summed E-state index contributed by atoms with van der Waals surface area (Å²) in [6.07, 6.45) is 1.45. The van der Waals surface area contributed by atoms with Crippen molar-refractivity contribution in [2.75, 3.05) is 0 Å². The summed E-state index contributed by atoms with van der Waals surface area (Å²) in [5.74, 6) is -2.68. The third-order valence-electron chi connectivity index (χ3n) is 4.57. The van der Waals surface area contributed by atoms with E-state index in [4.69, 9.17) is 16.7 Å². The lowest BCUT2D eigenvalue weighted by molar-refractivity contribution is 0.0695. The molecule has 0 unspecified atom stereocenters. The number of fused-ring (bicyclic) bond motifs is 1. The van der Waals surface area contributed by atoms with Crippen LogP contribution >= 0.6 is 11.6 Å². The van der Waals surface area contributed by atoms with E-state index < -0.39 is 28.7 Å². The molecule has 0 aliphatic rings. The van der Waals surface area contributed by atoms with Crippen LogP contribution in [0.4, 0.5) is 8.78 Å². The summed E-state index contributed by atoms with van der Waals surface area (Å²) in [6, 6.07) is 8.02. The van der Waals surface area contributed by atoms with Crippen molar-refractivity contribution >= 4 is 28.5 Å². The maximum absolute atomic E-state index is 13.9. The van der Waals surface area contributed by atoms with Gasteiger partial charge in [0.15, 0.2) is 0 Å². The van der Waals surface area contributed by atoms with E-state index in [2.05, 4.69) is 15.3 Å². The quantitative estimate of drug-likeness (QED) is 0.505. The Hall–Kier alpha value is -3.59. The van der Waals surface area contributed by atoms with E-state index in [1.807, 2.05) is 0 Å². The van der Waals surface area contributed by atoms with Crippen LogP contribution in [0.3, 0.4) is 0 Å². The van der Waals surface area contributed by atoms with Crippen LogP contribution in [-0.4, -0.2) is 31.1 Å². The molecule has 0 radical (unpaired) electrons. The summed E-state index contributed by atoms with van der Waals surface area (Å²) in [4.78, 5) is 25.8. The molecule has 30 heavy (non-hydrogen) atoms. The fourth-order valence-corrected chi connectivity index (χ4v) is 3.44. The Bertz CT molecular complexity index is 1330. The largest absolute Gasteiger partial charge is 0.477 e. The van der Waals surface area contributed by atoms with Crippen LogP contribution < -0.4 is 5.56 Å². The second-order valence-corrected chi connectivity index (χ2v) is 7.07. The molecule has 10 heteroatoms. The number of carbonyl (C=O) groups is 1. The van der Waals surface area contributed by atoms with E-state index in [1.165, 1.54) is 41.2 Å². The highest BCUT2D eigenvalue weighted by Crippen LogP contribution is 2.23. The second-order valence-electron chi connectivity index (χ2n) is 6.63. The van der Waals surface area contributed by atoms with Gasteiger partial charge in [-0.25, -0.2) is 18.3 Å². The van der Waals surface area contributed by atoms with E-state index in [0.717, 1.165) is 0 Å². The van der Waals surface area contributed by atoms with Gasteiger partial charge in [0.05, 0.1) is 17.8 Å². The molecule has 0 fully saturated rings. The Morgan fingerprint density at radius 3 is 2.63 bits per heavy atom. The van der Waals surface area contributed by atoms with Crippen molar-refractivity contribution in [3.8, 4) is 0 Å². The van der Waals surface area contributed by atoms with Gasteiger partial charge in [0.2, 0.25) is 0 Å². The molecule has 2 aromatic heterocycles. The molecule has 0 bridgehead atoms. The van der Waals surface area contributed by atoms with Gasteiger partial charge in [-0.2, -0.15) is 0 Å². The predicted molar refractivity (Wildman–Crippen MR) is 105 cm³/mol. The number of aromatic amines is 1. The fraction of sp³-hybridized carbons (Fsp3) is 0.100. The molecular formula is C20H13ClF2N4O3. The molecule has 0 amide bonds. The van der Waals surface area contributed by atoms with E-state index >= 15 is 0 Å². The van der Waals surface area contributed by atoms with Crippen molar-refractivity contribution in [2.45, 2.75) is 13.0 Å². The second kappa shape index (κ2) is 7.68. The van der Waals surface area contributed by atoms with E-state index in [1.54, 1.807) is 6.07 Å². The average Bonchev–Trinajstić information content (AvgIpc) is 3.12. The molecule has 0 aliphatic carbocycles. The van der Waals surface area contributed by atoms with Crippen molar-refractivity contribution < 1.29 is 18.7 Å². The minimum Gasteiger partial charge on any atom is -0.477 e. The molecule has 7 nitrogen and oxygen atoms in total. The number of pyridine rings is 1. The van der Waals surface area contributed by atoms with Crippen molar-refractivity contribution in [2.24, 2.45) is 0 Å². The first-order chi connectivity index (χ1) is 14.3. The molecule has 152 valence electrons. The zero-order chi connectivity index (χ0) is 21.4. The Morgan fingerprint density at radius 1 is 1.20 bits per heavy atom. The smallest absolute Gasteiger partial charge is 0.341 e. The van der Waals surface area contributed by atoms with Crippen molar-refractivity contribution in [1.82, 2.24) is 20.0 Å². The van der Waals surface area contributed by atoms with Gasteiger partial charge in [-0.05, 0) is 35.9 Å². The number of aromatic carboxylic acids is 1. The molecule has 4 rings (SSSR count). The van der Waals surface area contributed by atoms with E-state index in [0.29, 0.717) is 27.2 Å². The van der Waals surface area contributed by atoms with Gasteiger partial charge in [0, 0.05) is 28.6 Å². The van der Waals surface area contributed by atoms with Gasteiger partial charge in [-0.3, -0.25) is 4.79 Å². The predicted octanol–water partition coefficient (Wildman–Crippen LogP) is 3.39. The summed E-state index contributed by atoms with van der Waals surface area (Å²) in [5, 5.41) is 17.8. The normalized spacial score (nSPS) is 11.2. The van der Waals surface area contributed by atoms with E-state index in [9.17, 15) is 18.4 Å². The number of aromatic nitrogens is 4. The van der Waals surface area contributed by atoms with Gasteiger partial charge < -0.3 is 10.1 Å². The molecule has 4 aromatic rings. The monoisotopic (exact) mass is 430 g/mol. The van der Waals surface area contributed by atoms with Gasteiger partial charge in [-0.1, -0.05) is 22.9 Å². The van der Waals surface area contributed by atoms with Gasteiger partial charge in [0.1, 0.15) is 17.2 Å². The number of benzene rings is 2. The first kappa shape index (κ1) is 19.7. The molecule has 0 atom stereocenters. The summed E-state index contributed by atoms with van der Waals surface area (Å²) < 4.78 is 29.1. The lowest BCUT2D eigenvalue weighted by Crippen LogP contribution is -2.17. The van der Waals surface area contributed by atoms with Gasteiger partial charge in [0.25, 0.3) is 5.56 Å². The summed E-state index contributed by atoms with van der Waals surface area (Å²) in [7, 11) is 0. The SMILES string of the molecule is O=C(O)c1cc2cc(Cl)cc(Cn3cc(Cc4c(F)cccc4F)nn3)c2[nH]c1=O. The standard InChI is InChI=1S/C20H13ClF2N4O3/c21-12-4-10-6-15(20(29)30)19(28)24-18(10)11(5-12)8-27-9-13(25-26-27)7-14-16(22)2-1-3-17(14)23/h1-6,9H,7-8H2,(H,24,28)(H,29,30). The maximum Gasteiger partial charge on any atom is 0.341 e. The molecule has 0 aliphatic heterocycles. The number of hydrogen-bond acceptors (Lipinski definition) is 4. The number of halogens is 3. The van der Waals surface area contributed by atoms with Gasteiger partial charge >= 0.3 is 5.97 Å². The highest BCUT2D eigenvalue weighted by Gasteiger charge is 2.15. The lowest BCUT2D eigenvalue weighted by Gasteiger charge is -2.08. The Balaban J connectivity index is 1.67. The van der Waals surface area contributed by atoms with Crippen LogP contribution in [0.1, 0.15) is 27.2 Å². The van der Waals surface area contributed by atoms with Crippen molar-refractivity contribution in [3.63, 3.8) is 0 Å².